The second kappa shape index (κ2) is 25.3. The molecule has 0 bridgehead atoms. The molecule has 6 rings (SSSR count). The number of rotatable bonds is 21. The van der Waals surface area contributed by atoms with Crippen molar-refractivity contribution >= 4 is 52.9 Å². The van der Waals surface area contributed by atoms with E-state index >= 15 is 0 Å². The Hall–Kier alpha value is -6.96. The minimum absolute atomic E-state index is 0.00474. The lowest BCUT2D eigenvalue weighted by atomic mass is 10.0. The second-order valence-electron chi connectivity index (χ2n) is 16.1. The number of anilines is 1. The number of urea groups is 2. The molecule has 4 amide bonds. The summed E-state index contributed by atoms with van der Waals surface area (Å²) in [5.41, 5.74) is 13.2. The van der Waals surface area contributed by atoms with Crippen LogP contribution in [-0.4, -0.2) is 87.8 Å². The highest BCUT2D eigenvalue weighted by atomic mass is 35.5. The maximum absolute atomic E-state index is 13.5. The zero-order valence-corrected chi connectivity index (χ0v) is 39.8. The van der Waals surface area contributed by atoms with Gasteiger partial charge in [-0.2, -0.15) is 4.98 Å². The average Bonchev–Trinajstić information content (AvgIpc) is 3.31. The lowest BCUT2D eigenvalue weighted by Gasteiger charge is -2.41. The lowest BCUT2D eigenvalue weighted by molar-refractivity contribution is 0.0840. The fraction of sp³-hybridized carbons (Fsp3) is 0.340. The quantitative estimate of drug-likeness (QED) is 0.0275. The van der Waals surface area contributed by atoms with Crippen molar-refractivity contribution in [3.05, 3.63) is 150 Å². The number of imide groups is 1. The van der Waals surface area contributed by atoms with Crippen LogP contribution in [0.3, 0.4) is 0 Å². The third kappa shape index (κ3) is 15.3. The van der Waals surface area contributed by atoms with E-state index in [9.17, 15) is 23.6 Å². The van der Waals surface area contributed by atoms with E-state index in [-0.39, 0.29) is 44.6 Å². The van der Waals surface area contributed by atoms with Crippen LogP contribution in [0.5, 0.6) is 11.5 Å². The van der Waals surface area contributed by atoms with Gasteiger partial charge < -0.3 is 37.0 Å². The van der Waals surface area contributed by atoms with Crippen molar-refractivity contribution in [1.29, 1.82) is 5.41 Å². The monoisotopic (exact) mass is 974 g/mol. The number of carbonyl (C=O) groups is 2. The van der Waals surface area contributed by atoms with Gasteiger partial charge in [0.05, 0.1) is 57.0 Å². The number of nitrogens with zero attached hydrogens (tertiary/aromatic N) is 6. The van der Waals surface area contributed by atoms with Gasteiger partial charge in [0.2, 0.25) is 5.95 Å². The van der Waals surface area contributed by atoms with Gasteiger partial charge in [0.25, 0.3) is 0 Å². The molecular formula is C47H57Cl2FN12O6. The molecule has 0 spiro atoms. The number of nitrogens with one attached hydrogen (secondary N) is 4. The Morgan fingerprint density at radius 2 is 1.38 bits per heavy atom. The van der Waals surface area contributed by atoms with Crippen LogP contribution in [0.2, 0.25) is 10.0 Å². The maximum Gasteiger partial charge on any atom is 0.355 e. The standard InChI is InChI=1S/C26H31Cl2N5O3.C21H26FN7O3/c1-17(2)13-20(29)5-4-12-30-24-31-25(34)33(16-19-8-11-22(27)23(28)14-19)26(35)32(24)15-18-6-9-21(36-3)10-7-18;1-32-17-8-4-15(5-9-17)12-28-19(26-11-10-25-18(23)24)27-20(30)29(21(28)31)13-14-2-6-16(22)7-3-14/h6-11,14,17,29H,4-5,12-13,15-16H2,1-3H3,(H,30,31,34);2-9,19,26H,10-13H2,1H3,(H,27,30)(H4,23,24,25). The van der Waals surface area contributed by atoms with Crippen LogP contribution in [0.15, 0.2) is 106 Å². The molecule has 1 aromatic heterocycles. The van der Waals surface area contributed by atoms with Crippen molar-refractivity contribution in [2.45, 2.75) is 65.6 Å². The zero-order valence-electron chi connectivity index (χ0n) is 38.3. The molecule has 1 aliphatic rings. The van der Waals surface area contributed by atoms with Crippen LogP contribution in [0.25, 0.3) is 0 Å². The van der Waals surface area contributed by atoms with Crippen molar-refractivity contribution in [3.63, 3.8) is 0 Å². The van der Waals surface area contributed by atoms with Crippen LogP contribution in [0.4, 0.5) is 19.9 Å². The third-order valence-electron chi connectivity index (χ3n) is 10.4. The molecule has 0 aliphatic carbocycles. The summed E-state index contributed by atoms with van der Waals surface area (Å²) >= 11 is 12.1. The molecular weight excluding hydrogens is 918 g/mol. The molecule has 1 fully saturated rings. The summed E-state index contributed by atoms with van der Waals surface area (Å²) in [5.74, 6) is 1.59. The summed E-state index contributed by atoms with van der Waals surface area (Å²) in [6.45, 7) is 5.70. The first-order valence-corrected chi connectivity index (χ1v) is 22.4. The van der Waals surface area contributed by atoms with Crippen molar-refractivity contribution in [1.82, 2.24) is 34.6 Å². The molecule has 8 N–H and O–H groups in total. The first-order valence-electron chi connectivity index (χ1n) is 21.7. The van der Waals surface area contributed by atoms with Gasteiger partial charge in [-0.1, -0.05) is 79.5 Å². The highest BCUT2D eigenvalue weighted by Gasteiger charge is 2.38. The van der Waals surface area contributed by atoms with Crippen LogP contribution < -0.4 is 48.3 Å². The molecule has 5 aromatic rings. The van der Waals surface area contributed by atoms with E-state index in [2.05, 4.69) is 39.8 Å². The van der Waals surface area contributed by atoms with Crippen molar-refractivity contribution < 1.29 is 23.5 Å². The van der Waals surface area contributed by atoms with Crippen molar-refractivity contribution in [3.8, 4) is 11.5 Å². The zero-order chi connectivity index (χ0) is 49.3. The molecule has 21 heteroatoms. The van der Waals surface area contributed by atoms with Crippen LogP contribution in [-0.2, 0) is 26.2 Å². The Labute approximate surface area is 403 Å². The number of guanidine groups is 1. The Morgan fingerprint density at radius 3 is 1.97 bits per heavy atom. The SMILES string of the molecule is COc1ccc(CN2C(=O)N(Cc3ccc(F)cc3)C(=O)NC2NCCN=C(N)N)cc1.COc1ccc(Cn2c(NCCCC(=N)CC(C)C)nc(=O)n(Cc3ccc(Cl)c(Cl)c3)c2=O)cc1. The first-order chi connectivity index (χ1) is 32.5. The molecule has 1 unspecified atom stereocenters. The molecule has 2 heterocycles. The highest BCUT2D eigenvalue weighted by Crippen LogP contribution is 2.23. The van der Waals surface area contributed by atoms with Gasteiger partial charge in [0, 0.05) is 18.8 Å². The molecule has 1 saturated heterocycles. The molecule has 1 aliphatic heterocycles. The predicted octanol–water partition coefficient (Wildman–Crippen LogP) is 6.20. The number of hydrogen-bond acceptors (Lipinski definition) is 11. The third-order valence-corrected chi connectivity index (χ3v) is 11.1. The maximum atomic E-state index is 13.5. The van der Waals surface area contributed by atoms with Crippen molar-refractivity contribution in [2.75, 3.05) is 39.2 Å². The number of benzene rings is 4. The minimum Gasteiger partial charge on any atom is -0.497 e. The fourth-order valence-corrected chi connectivity index (χ4v) is 7.26. The molecule has 0 radical (unpaired) electrons. The van der Waals surface area contributed by atoms with Gasteiger partial charge in [-0.25, -0.2) is 33.0 Å². The molecule has 362 valence electrons. The second-order valence-corrected chi connectivity index (χ2v) is 16.9. The normalized spacial score (nSPS) is 13.4. The lowest BCUT2D eigenvalue weighted by Crippen LogP contribution is -2.68. The van der Waals surface area contributed by atoms with Gasteiger partial charge in [-0.15, -0.1) is 0 Å². The number of halogens is 3. The first kappa shape index (κ1) is 52.0. The van der Waals surface area contributed by atoms with Gasteiger partial charge in [0.1, 0.15) is 17.3 Å². The summed E-state index contributed by atoms with van der Waals surface area (Å²) in [6, 6.07) is 24.1. The summed E-state index contributed by atoms with van der Waals surface area (Å²) in [7, 11) is 3.16. The largest absolute Gasteiger partial charge is 0.497 e. The number of carbonyl (C=O) groups excluding carboxylic acids is 2. The number of methoxy groups -OCH3 is 2. The summed E-state index contributed by atoms with van der Waals surface area (Å²) in [6.07, 6.45) is 1.32. The number of amides is 4. The van der Waals surface area contributed by atoms with E-state index in [1.165, 1.54) is 33.7 Å². The molecule has 4 aromatic carbocycles. The Morgan fingerprint density at radius 1 is 0.809 bits per heavy atom. The number of nitrogens with two attached hydrogens (primary N) is 2. The number of aliphatic imine (C=N–C) groups is 1. The van der Waals surface area contributed by atoms with Gasteiger partial charge in [-0.3, -0.25) is 19.8 Å². The van der Waals surface area contributed by atoms with Crippen LogP contribution >= 0.6 is 23.2 Å². The van der Waals surface area contributed by atoms with Crippen LogP contribution in [0, 0.1) is 17.1 Å². The van der Waals surface area contributed by atoms with E-state index in [1.807, 2.05) is 36.4 Å². The molecule has 0 saturated carbocycles. The predicted molar refractivity (Wildman–Crippen MR) is 262 cm³/mol. The van der Waals surface area contributed by atoms with E-state index in [0.717, 1.165) is 27.0 Å². The summed E-state index contributed by atoms with van der Waals surface area (Å²) in [4.78, 5) is 62.9. The number of ether oxygens (including phenoxy) is 2. The fourth-order valence-electron chi connectivity index (χ4n) is 6.94. The average molecular weight is 976 g/mol. The van der Waals surface area contributed by atoms with Gasteiger partial charge in [-0.05, 0) is 96.0 Å². The van der Waals surface area contributed by atoms with E-state index in [1.54, 1.807) is 44.6 Å². The Bertz CT molecular complexity index is 2640. The molecule has 18 nitrogen and oxygen atoms in total. The summed E-state index contributed by atoms with van der Waals surface area (Å²) < 4.78 is 26.1. The topological polar surface area (TPSA) is 240 Å². The highest BCUT2D eigenvalue weighted by molar-refractivity contribution is 6.42. The van der Waals surface area contributed by atoms with Gasteiger partial charge >= 0.3 is 23.4 Å². The van der Waals surface area contributed by atoms with E-state index < -0.39 is 35.5 Å². The smallest absolute Gasteiger partial charge is 0.355 e. The Kier molecular flexibility index (Phi) is 19.3. The molecule has 1 atom stereocenters. The Balaban J connectivity index is 0.000000256. The van der Waals surface area contributed by atoms with Crippen LogP contribution in [0.1, 0.15) is 55.4 Å². The summed E-state index contributed by atoms with van der Waals surface area (Å²) in [5, 5.41) is 17.8. The van der Waals surface area contributed by atoms with Gasteiger partial charge in [0.15, 0.2) is 12.2 Å². The van der Waals surface area contributed by atoms with E-state index in [4.69, 9.17) is 49.6 Å². The van der Waals surface area contributed by atoms with E-state index in [0.29, 0.717) is 70.2 Å². The number of aromatic nitrogens is 3. The van der Waals surface area contributed by atoms with Crippen molar-refractivity contribution in [2.24, 2.45) is 22.4 Å². The number of hydrogen-bond donors (Lipinski definition) is 6. The minimum atomic E-state index is -0.768. The molecule has 68 heavy (non-hydrogen) atoms.